The SMILES string of the molecule is Cc1ncc(-c2cnn(-c3c(Cl)cc(C(F)(C(F)(F)F)C(F)(F)F)cc3C(F)(F)F)c2)cc1C(=O)NC1CC1. The second-order valence-electron chi connectivity index (χ2n) is 8.78. The van der Waals surface area contributed by atoms with Gasteiger partial charge >= 0.3 is 24.2 Å². The van der Waals surface area contributed by atoms with E-state index in [-0.39, 0.29) is 28.8 Å². The number of hydrogen-bond donors (Lipinski definition) is 1. The maximum absolute atomic E-state index is 14.5. The van der Waals surface area contributed by atoms with Gasteiger partial charge in [-0.05, 0) is 38.0 Å². The molecule has 1 aromatic carbocycles. The third-order valence-electron chi connectivity index (χ3n) is 5.94. The summed E-state index contributed by atoms with van der Waals surface area (Å²) < 4.78 is 136. The molecule has 1 amide bonds. The lowest BCUT2D eigenvalue weighted by molar-refractivity contribution is -0.348. The molecule has 0 saturated heterocycles. The van der Waals surface area contributed by atoms with Crippen molar-refractivity contribution in [3.05, 3.63) is 64.2 Å². The number of amides is 1. The molecule has 1 aliphatic carbocycles. The lowest BCUT2D eigenvalue weighted by atomic mass is 9.92. The zero-order valence-electron chi connectivity index (χ0n) is 19.4. The summed E-state index contributed by atoms with van der Waals surface area (Å²) in [4.78, 5) is 16.6. The van der Waals surface area contributed by atoms with Gasteiger partial charge in [-0.2, -0.15) is 44.6 Å². The molecule has 0 bridgehead atoms. The molecule has 39 heavy (non-hydrogen) atoms. The Balaban J connectivity index is 1.82. The first-order valence-corrected chi connectivity index (χ1v) is 11.3. The third-order valence-corrected chi connectivity index (χ3v) is 6.23. The van der Waals surface area contributed by atoms with Crippen LogP contribution in [0.15, 0.2) is 36.8 Å². The first-order valence-electron chi connectivity index (χ1n) is 10.9. The molecule has 1 saturated carbocycles. The average Bonchev–Trinajstić information content (AvgIpc) is 3.48. The number of carbonyl (C=O) groups excluding carboxylic acids is 1. The van der Waals surface area contributed by atoms with Crippen molar-refractivity contribution in [2.45, 2.75) is 50.0 Å². The van der Waals surface area contributed by atoms with E-state index in [0.29, 0.717) is 10.4 Å². The molecule has 2 heterocycles. The van der Waals surface area contributed by atoms with E-state index < -0.39 is 58.0 Å². The molecule has 0 atom stereocenters. The summed E-state index contributed by atoms with van der Waals surface area (Å²) in [5.74, 6) is -0.432. The number of aryl methyl sites for hydroxylation is 1. The summed E-state index contributed by atoms with van der Waals surface area (Å²) >= 11 is 5.75. The molecule has 0 unspecified atom stereocenters. The molecule has 1 fully saturated rings. The number of pyridine rings is 1. The van der Waals surface area contributed by atoms with Crippen LogP contribution in [0.5, 0.6) is 0 Å². The number of benzene rings is 1. The molecular weight excluding hydrogens is 574 g/mol. The number of aromatic nitrogens is 3. The molecule has 0 radical (unpaired) electrons. The van der Waals surface area contributed by atoms with E-state index in [1.54, 1.807) is 6.92 Å². The first kappa shape index (κ1) is 28.6. The van der Waals surface area contributed by atoms with E-state index in [2.05, 4.69) is 15.4 Å². The van der Waals surface area contributed by atoms with Crippen LogP contribution in [0.2, 0.25) is 5.02 Å². The van der Waals surface area contributed by atoms with Gasteiger partial charge in [-0.15, -0.1) is 0 Å². The Morgan fingerprint density at radius 1 is 0.949 bits per heavy atom. The highest BCUT2D eigenvalue weighted by Crippen LogP contribution is 2.55. The van der Waals surface area contributed by atoms with Crippen molar-refractivity contribution in [3.8, 4) is 16.8 Å². The number of rotatable bonds is 5. The minimum atomic E-state index is -6.65. The van der Waals surface area contributed by atoms with Crippen LogP contribution in [-0.4, -0.2) is 39.1 Å². The molecule has 3 aromatic rings. The Bertz CT molecular complexity index is 1410. The monoisotopic (exact) mass is 588 g/mol. The van der Waals surface area contributed by atoms with Gasteiger partial charge in [-0.25, -0.2) is 9.07 Å². The highest BCUT2D eigenvalue weighted by molar-refractivity contribution is 6.32. The second-order valence-corrected chi connectivity index (χ2v) is 9.19. The molecule has 4 rings (SSSR count). The summed E-state index contributed by atoms with van der Waals surface area (Å²) in [6.07, 6.45) is -14.0. The minimum Gasteiger partial charge on any atom is -0.349 e. The highest BCUT2D eigenvalue weighted by Gasteiger charge is 2.73. The van der Waals surface area contributed by atoms with Gasteiger partial charge in [0.1, 0.15) is 0 Å². The fourth-order valence-corrected chi connectivity index (χ4v) is 4.05. The Labute approximate surface area is 217 Å². The Morgan fingerprint density at radius 3 is 2.10 bits per heavy atom. The predicted molar refractivity (Wildman–Crippen MR) is 117 cm³/mol. The summed E-state index contributed by atoms with van der Waals surface area (Å²) in [6.45, 7) is 1.55. The maximum atomic E-state index is 14.5. The fraction of sp³-hybridized carbons (Fsp3) is 0.348. The van der Waals surface area contributed by atoms with E-state index in [1.165, 1.54) is 12.3 Å². The summed E-state index contributed by atoms with van der Waals surface area (Å²) in [6, 6.07) is 0.632. The van der Waals surface area contributed by atoms with Gasteiger partial charge in [0.15, 0.2) is 0 Å². The van der Waals surface area contributed by atoms with Crippen LogP contribution in [0.25, 0.3) is 16.8 Å². The van der Waals surface area contributed by atoms with Crippen molar-refractivity contribution >= 4 is 17.5 Å². The zero-order valence-corrected chi connectivity index (χ0v) is 20.1. The van der Waals surface area contributed by atoms with Gasteiger partial charge in [-0.3, -0.25) is 9.78 Å². The fourth-order valence-electron chi connectivity index (χ4n) is 3.74. The van der Waals surface area contributed by atoms with E-state index in [4.69, 9.17) is 11.6 Å². The maximum Gasteiger partial charge on any atom is 0.435 e. The first-order chi connectivity index (χ1) is 17.8. The quantitative estimate of drug-likeness (QED) is 0.324. The number of carbonyl (C=O) groups is 1. The molecule has 0 spiro atoms. The molecule has 5 nitrogen and oxygen atoms in total. The number of alkyl halides is 10. The zero-order chi connectivity index (χ0) is 29.1. The molecule has 16 heteroatoms. The Hall–Kier alpha value is -3.36. The molecule has 2 aromatic heterocycles. The van der Waals surface area contributed by atoms with Crippen molar-refractivity contribution in [1.82, 2.24) is 20.1 Å². The van der Waals surface area contributed by atoms with Crippen molar-refractivity contribution in [3.63, 3.8) is 0 Å². The van der Waals surface area contributed by atoms with E-state index in [9.17, 15) is 48.7 Å². The van der Waals surface area contributed by atoms with Crippen molar-refractivity contribution < 1.29 is 48.7 Å². The topological polar surface area (TPSA) is 59.8 Å². The molecular formula is C23H15ClF10N4O. The normalized spacial score (nSPS) is 15.0. The lowest BCUT2D eigenvalue weighted by Crippen LogP contribution is -2.50. The number of nitrogens with one attached hydrogen (secondary N) is 1. The smallest absolute Gasteiger partial charge is 0.349 e. The van der Waals surface area contributed by atoms with Crippen LogP contribution in [0.4, 0.5) is 43.9 Å². The Morgan fingerprint density at radius 2 is 1.56 bits per heavy atom. The van der Waals surface area contributed by atoms with Crippen LogP contribution in [0, 0.1) is 6.92 Å². The average molecular weight is 589 g/mol. The molecule has 0 aliphatic heterocycles. The van der Waals surface area contributed by atoms with Crippen LogP contribution in [-0.2, 0) is 11.8 Å². The molecule has 1 aliphatic rings. The lowest BCUT2D eigenvalue weighted by Gasteiger charge is -2.31. The van der Waals surface area contributed by atoms with E-state index in [1.807, 2.05) is 0 Å². The number of hydrogen-bond acceptors (Lipinski definition) is 3. The van der Waals surface area contributed by atoms with Gasteiger partial charge in [0.2, 0.25) is 0 Å². The van der Waals surface area contributed by atoms with Crippen molar-refractivity contribution in [2.75, 3.05) is 0 Å². The van der Waals surface area contributed by atoms with Gasteiger partial charge in [0.05, 0.1) is 33.7 Å². The number of halogens is 11. The number of nitrogens with zero attached hydrogens (tertiary/aromatic N) is 3. The van der Waals surface area contributed by atoms with Crippen LogP contribution < -0.4 is 5.32 Å². The van der Waals surface area contributed by atoms with Gasteiger partial charge < -0.3 is 5.32 Å². The van der Waals surface area contributed by atoms with Crippen LogP contribution in [0.3, 0.4) is 0 Å². The van der Waals surface area contributed by atoms with Gasteiger partial charge in [-0.1, -0.05) is 11.6 Å². The largest absolute Gasteiger partial charge is 0.435 e. The van der Waals surface area contributed by atoms with Crippen LogP contribution >= 0.6 is 11.6 Å². The van der Waals surface area contributed by atoms with E-state index in [0.717, 1.165) is 25.2 Å². The second kappa shape index (κ2) is 9.38. The summed E-state index contributed by atoms with van der Waals surface area (Å²) in [5, 5.41) is 5.19. The van der Waals surface area contributed by atoms with Gasteiger partial charge in [0.25, 0.3) is 5.91 Å². The molecule has 1 N–H and O–H groups in total. The highest BCUT2D eigenvalue weighted by atomic mass is 35.5. The minimum absolute atomic E-state index is 0.0203. The predicted octanol–water partition coefficient (Wildman–Crippen LogP) is 7.10. The van der Waals surface area contributed by atoms with Crippen molar-refractivity contribution in [1.29, 1.82) is 0 Å². The van der Waals surface area contributed by atoms with Gasteiger partial charge in [0, 0.05) is 35.1 Å². The molecule has 210 valence electrons. The van der Waals surface area contributed by atoms with E-state index >= 15 is 0 Å². The summed E-state index contributed by atoms with van der Waals surface area (Å²) in [7, 11) is 0. The van der Waals surface area contributed by atoms with Crippen molar-refractivity contribution in [2.24, 2.45) is 0 Å². The third kappa shape index (κ3) is 5.28. The summed E-state index contributed by atoms with van der Waals surface area (Å²) in [5.41, 5.74) is -10.9. The van der Waals surface area contributed by atoms with Crippen LogP contribution in [0.1, 0.15) is 40.0 Å². The Kier molecular flexibility index (Phi) is 6.89. The standard InChI is InChI=1S/C23H15ClF10N4O/c1-10-15(19(39)37-14-2-3-14)4-11(7-35-10)12-8-36-38(9-12)18-16(21(26,27)28)5-13(6-17(18)24)20(25,22(29,30)31)23(32,33)34/h4-9,14H,2-3H2,1H3,(H,37,39).